The zero-order chi connectivity index (χ0) is 32.5. The molecule has 1 aliphatic heterocycles. The summed E-state index contributed by atoms with van der Waals surface area (Å²) in [5, 5.41) is 1.75. The van der Waals surface area contributed by atoms with E-state index in [2.05, 4.69) is 25.2 Å². The maximum atomic E-state index is 15.4. The zero-order valence-electron chi connectivity index (χ0n) is 25.2. The summed E-state index contributed by atoms with van der Waals surface area (Å²) in [6, 6.07) is 7.38. The molecule has 0 bridgehead atoms. The van der Waals surface area contributed by atoms with Crippen molar-refractivity contribution < 1.29 is 31.9 Å². The Bertz CT molecular complexity index is 1750. The summed E-state index contributed by atoms with van der Waals surface area (Å²) in [7, 11) is 0. The van der Waals surface area contributed by atoms with Crippen molar-refractivity contribution in [2.24, 2.45) is 0 Å². The number of H-pyrrole nitrogens is 1. The van der Waals surface area contributed by atoms with E-state index in [0.717, 1.165) is 18.0 Å². The van der Waals surface area contributed by atoms with Crippen LogP contribution in [0, 0.1) is 11.6 Å². The number of hydrogen-bond donors (Lipinski definition) is 2. The molecule has 45 heavy (non-hydrogen) atoms. The zero-order valence-corrected chi connectivity index (χ0v) is 26.0. The Labute approximate surface area is 261 Å². The summed E-state index contributed by atoms with van der Waals surface area (Å²) >= 11 is -2.56. The Balaban J connectivity index is 1.35. The van der Waals surface area contributed by atoms with Gasteiger partial charge in [-0.05, 0) is 68.6 Å². The van der Waals surface area contributed by atoms with Crippen LogP contribution in [0.5, 0.6) is 0 Å². The number of carbonyl (C=O) groups is 2. The minimum atomic E-state index is -2.56. The maximum Gasteiger partial charge on any atom is 0.410 e. The number of ether oxygens (including phenoxy) is 1. The summed E-state index contributed by atoms with van der Waals surface area (Å²) in [5.74, 6) is -2.45. The van der Waals surface area contributed by atoms with E-state index in [1.54, 1.807) is 30.3 Å². The Morgan fingerprint density at radius 1 is 1.09 bits per heavy atom. The fourth-order valence-electron chi connectivity index (χ4n) is 5.00. The maximum absolute atomic E-state index is 15.4. The van der Waals surface area contributed by atoms with Crippen LogP contribution in [0.2, 0.25) is 0 Å². The highest BCUT2D eigenvalue weighted by Crippen LogP contribution is 2.30. The van der Waals surface area contributed by atoms with E-state index < -0.39 is 45.0 Å². The van der Waals surface area contributed by atoms with E-state index in [0.29, 0.717) is 48.3 Å². The van der Waals surface area contributed by atoms with Crippen LogP contribution in [0.15, 0.2) is 48.9 Å². The number of fused-ring (bicyclic) bond motifs is 1. The van der Waals surface area contributed by atoms with E-state index in [1.165, 1.54) is 6.20 Å². The molecule has 2 atom stereocenters. The molecule has 0 spiro atoms. The highest BCUT2D eigenvalue weighted by atomic mass is 32.2. The van der Waals surface area contributed by atoms with Gasteiger partial charge in [0.1, 0.15) is 22.9 Å². The first-order chi connectivity index (χ1) is 21.4. The fraction of sp³-hybridized carbons (Fsp3) is 0.355. The topological polar surface area (TPSA) is 144 Å². The third-order valence-electron chi connectivity index (χ3n) is 7.35. The number of benzene rings is 1. The third-order valence-corrected chi connectivity index (χ3v) is 8.27. The number of anilines is 2. The van der Waals surface area contributed by atoms with Gasteiger partial charge in [-0.2, -0.15) is 0 Å². The molecule has 0 aliphatic carbocycles. The van der Waals surface area contributed by atoms with Gasteiger partial charge < -0.3 is 29.4 Å². The molecule has 0 radical (unpaired) electrons. The first-order valence-corrected chi connectivity index (χ1v) is 15.5. The highest BCUT2D eigenvalue weighted by Gasteiger charge is 2.27. The molecule has 1 fully saturated rings. The Morgan fingerprint density at radius 3 is 2.42 bits per heavy atom. The molecular formula is C31H33F2N6O5S-. The number of nitrogens with zero attached hydrogens (tertiary/aromatic N) is 4. The van der Waals surface area contributed by atoms with Gasteiger partial charge in [0.25, 0.3) is 0 Å². The first-order valence-electron chi connectivity index (χ1n) is 14.4. The van der Waals surface area contributed by atoms with E-state index in [9.17, 15) is 22.7 Å². The number of rotatable bonds is 8. The van der Waals surface area contributed by atoms with Crippen molar-refractivity contribution >= 4 is 45.5 Å². The van der Waals surface area contributed by atoms with Crippen molar-refractivity contribution in [1.82, 2.24) is 19.9 Å². The van der Waals surface area contributed by atoms with Gasteiger partial charge in [0.15, 0.2) is 5.82 Å². The average molecular weight is 640 g/mol. The molecule has 1 aromatic carbocycles. The van der Waals surface area contributed by atoms with E-state index in [4.69, 9.17) is 4.74 Å². The third kappa shape index (κ3) is 6.96. The molecule has 2 unspecified atom stereocenters. The van der Waals surface area contributed by atoms with Gasteiger partial charge in [-0.25, -0.2) is 23.5 Å². The van der Waals surface area contributed by atoms with Crippen molar-refractivity contribution in [2.45, 2.75) is 45.1 Å². The SMILES string of the molecule is CCC(Nc1ccc(F)c(C(=O)c2c[nH]c3ncc(-c4ccc(N5CCN(C(=O)OC(C)(C)C)CC5)nc4)cc23)c1F)S(=O)[O-]. The standard InChI is InChI=1S/C31H34F2N6O5S/c1-5-25(45(42)43)37-23-8-7-22(32)26(27(23)33)28(40)21-17-36-29-20(21)14-19(16-35-29)18-6-9-24(34-15-18)38-10-12-39(13-11-38)30(41)44-31(2,3)4/h6-9,14-17,25,37H,5,10-13H2,1-4H3,(H,35,36)(H,42,43)/p-1. The number of carbonyl (C=O) groups excluding carboxylic acids is 2. The van der Waals surface area contributed by atoms with Crippen LogP contribution in [0.25, 0.3) is 22.2 Å². The number of halogens is 2. The number of nitrogens with one attached hydrogen (secondary N) is 2. The number of amides is 1. The lowest BCUT2D eigenvalue weighted by Gasteiger charge is -2.36. The lowest BCUT2D eigenvalue weighted by molar-refractivity contribution is 0.0240. The van der Waals surface area contributed by atoms with Gasteiger partial charge in [-0.3, -0.25) is 9.00 Å². The van der Waals surface area contributed by atoms with E-state index >= 15 is 4.39 Å². The lowest BCUT2D eigenvalue weighted by atomic mass is 10.00. The Hall–Kier alpha value is -4.43. The number of aromatic nitrogens is 3. The van der Waals surface area contributed by atoms with Crippen LogP contribution < -0.4 is 10.2 Å². The second kappa shape index (κ2) is 12.9. The van der Waals surface area contributed by atoms with Crippen molar-refractivity contribution in [2.75, 3.05) is 36.4 Å². The van der Waals surface area contributed by atoms with Crippen LogP contribution in [0.1, 0.15) is 50.0 Å². The Morgan fingerprint density at radius 2 is 1.80 bits per heavy atom. The molecule has 0 saturated carbocycles. The minimum absolute atomic E-state index is 0.00109. The first kappa shape index (κ1) is 32.0. The molecule has 1 amide bonds. The van der Waals surface area contributed by atoms with Gasteiger partial charge in [0.05, 0.1) is 16.6 Å². The average Bonchev–Trinajstić information content (AvgIpc) is 3.43. The summed E-state index contributed by atoms with van der Waals surface area (Å²) in [5.41, 5.74) is 0.0132. The molecule has 2 N–H and O–H groups in total. The van der Waals surface area contributed by atoms with Crippen LogP contribution in [0.3, 0.4) is 0 Å². The predicted octanol–water partition coefficient (Wildman–Crippen LogP) is 5.22. The smallest absolute Gasteiger partial charge is 0.410 e. The van der Waals surface area contributed by atoms with Crippen LogP contribution in [0.4, 0.5) is 25.1 Å². The van der Waals surface area contributed by atoms with Gasteiger partial charge in [-0.15, -0.1) is 0 Å². The minimum Gasteiger partial charge on any atom is -0.771 e. The van der Waals surface area contributed by atoms with Crippen molar-refractivity contribution in [3.8, 4) is 11.1 Å². The van der Waals surface area contributed by atoms with E-state index in [1.807, 2.05) is 32.9 Å². The summed E-state index contributed by atoms with van der Waals surface area (Å²) in [4.78, 5) is 41.4. The van der Waals surface area contributed by atoms with Crippen LogP contribution in [-0.2, 0) is 15.8 Å². The number of aromatic amines is 1. The second-order valence-electron chi connectivity index (χ2n) is 11.6. The quantitative estimate of drug-likeness (QED) is 0.196. The highest BCUT2D eigenvalue weighted by molar-refractivity contribution is 7.79. The fourth-order valence-corrected chi connectivity index (χ4v) is 5.50. The van der Waals surface area contributed by atoms with Crippen molar-refractivity contribution in [1.29, 1.82) is 0 Å². The Kier molecular flexibility index (Phi) is 9.16. The number of pyridine rings is 2. The number of ketones is 1. The van der Waals surface area contributed by atoms with Gasteiger partial charge in [-0.1, -0.05) is 6.92 Å². The van der Waals surface area contributed by atoms with Gasteiger partial charge in [0.2, 0.25) is 5.78 Å². The van der Waals surface area contributed by atoms with Crippen molar-refractivity contribution in [3.63, 3.8) is 0 Å². The normalized spacial score (nSPS) is 15.2. The second-order valence-corrected chi connectivity index (χ2v) is 12.7. The summed E-state index contributed by atoms with van der Waals surface area (Å²) < 4.78 is 58.6. The monoisotopic (exact) mass is 639 g/mol. The molecule has 14 heteroatoms. The van der Waals surface area contributed by atoms with Crippen molar-refractivity contribution in [3.05, 3.63) is 71.7 Å². The number of hydrogen-bond acceptors (Lipinski definition) is 9. The lowest BCUT2D eigenvalue weighted by Crippen LogP contribution is -2.50. The largest absolute Gasteiger partial charge is 0.771 e. The predicted molar refractivity (Wildman–Crippen MR) is 166 cm³/mol. The molecule has 4 heterocycles. The molecule has 4 aromatic rings. The van der Waals surface area contributed by atoms with Crippen LogP contribution in [-0.4, -0.2) is 77.6 Å². The number of piperazine rings is 1. The molecule has 1 aliphatic rings. The molecule has 5 rings (SSSR count). The van der Waals surface area contributed by atoms with Gasteiger partial charge >= 0.3 is 6.09 Å². The summed E-state index contributed by atoms with van der Waals surface area (Å²) in [6.45, 7) is 9.26. The molecular weight excluding hydrogens is 606 g/mol. The molecule has 11 nitrogen and oxygen atoms in total. The molecule has 3 aromatic heterocycles. The summed E-state index contributed by atoms with van der Waals surface area (Å²) in [6.07, 6.45) is 4.40. The van der Waals surface area contributed by atoms with E-state index in [-0.39, 0.29) is 23.8 Å². The molecule has 238 valence electrons. The van der Waals surface area contributed by atoms with Gasteiger partial charge in [0, 0.05) is 66.8 Å². The van der Waals surface area contributed by atoms with Crippen LogP contribution >= 0.6 is 0 Å². The molecule has 1 saturated heterocycles.